The van der Waals surface area contributed by atoms with Gasteiger partial charge in [-0.15, -0.1) is 0 Å². The molecule has 0 unspecified atom stereocenters. The first kappa shape index (κ1) is 14.9. The molecule has 22 heavy (non-hydrogen) atoms. The number of rotatable bonds is 3. The van der Waals surface area contributed by atoms with Crippen molar-refractivity contribution in [1.82, 2.24) is 4.90 Å². The highest BCUT2D eigenvalue weighted by Gasteiger charge is 2.27. The maximum Gasteiger partial charge on any atom is 0.226 e. The molecule has 3 rings (SSSR count). The smallest absolute Gasteiger partial charge is 0.226 e. The lowest BCUT2D eigenvalue weighted by Crippen LogP contribution is -2.50. The number of para-hydroxylation sites is 2. The minimum absolute atomic E-state index is 0.197. The van der Waals surface area contributed by atoms with Crippen molar-refractivity contribution in [1.29, 1.82) is 0 Å². The van der Waals surface area contributed by atoms with Crippen LogP contribution in [0.3, 0.4) is 0 Å². The molecule has 0 spiro atoms. The number of hydrogen-bond donors (Lipinski definition) is 0. The van der Waals surface area contributed by atoms with Crippen LogP contribution in [0.5, 0.6) is 5.75 Å². The van der Waals surface area contributed by atoms with Crippen molar-refractivity contribution in [2.45, 2.75) is 19.3 Å². The summed E-state index contributed by atoms with van der Waals surface area (Å²) < 4.78 is 5.44. The van der Waals surface area contributed by atoms with Crippen LogP contribution in [0.4, 0.5) is 5.69 Å². The predicted octanol–water partition coefficient (Wildman–Crippen LogP) is 2.70. The second-order valence-electron chi connectivity index (χ2n) is 5.97. The predicted molar refractivity (Wildman–Crippen MR) is 88.3 cm³/mol. The molecular formula is C18H24N2O2. The summed E-state index contributed by atoms with van der Waals surface area (Å²) in [5, 5.41) is 0. The summed E-state index contributed by atoms with van der Waals surface area (Å²) in [7, 11) is 1.70. The van der Waals surface area contributed by atoms with Crippen LogP contribution in [0, 0.1) is 5.92 Å². The number of methoxy groups -OCH3 is 1. The van der Waals surface area contributed by atoms with E-state index in [1.807, 2.05) is 23.1 Å². The Labute approximate surface area is 132 Å². The van der Waals surface area contributed by atoms with Crippen LogP contribution in [0.15, 0.2) is 36.4 Å². The first-order valence-electron chi connectivity index (χ1n) is 8.11. The standard InChI is InChI=1S/C18H24N2O2/c1-22-17-10-6-5-9-16(17)19-11-13-20(14-12-19)18(21)15-7-3-2-4-8-15/h2-3,5-6,9-10,15H,4,7-8,11-14H2,1H3/t15-/m1/s1. The zero-order valence-electron chi connectivity index (χ0n) is 13.2. The van der Waals surface area contributed by atoms with Crippen LogP contribution in [0.2, 0.25) is 0 Å². The van der Waals surface area contributed by atoms with E-state index < -0.39 is 0 Å². The number of amides is 1. The molecular weight excluding hydrogens is 276 g/mol. The summed E-state index contributed by atoms with van der Waals surface area (Å²) in [5.74, 6) is 1.44. The van der Waals surface area contributed by atoms with E-state index in [0.29, 0.717) is 5.91 Å². The molecule has 1 aliphatic heterocycles. The van der Waals surface area contributed by atoms with E-state index in [0.717, 1.165) is 56.9 Å². The number of piperazine rings is 1. The molecule has 1 amide bonds. The van der Waals surface area contributed by atoms with Gasteiger partial charge in [0.05, 0.1) is 12.8 Å². The van der Waals surface area contributed by atoms with Crippen molar-refractivity contribution in [3.8, 4) is 5.75 Å². The molecule has 1 aromatic carbocycles. The molecule has 0 saturated carbocycles. The molecule has 2 aliphatic rings. The van der Waals surface area contributed by atoms with E-state index >= 15 is 0 Å². The molecule has 1 heterocycles. The Bertz CT molecular complexity index is 548. The molecule has 4 heteroatoms. The highest BCUT2D eigenvalue weighted by atomic mass is 16.5. The van der Waals surface area contributed by atoms with Crippen molar-refractivity contribution in [3.05, 3.63) is 36.4 Å². The van der Waals surface area contributed by atoms with E-state index in [2.05, 4.69) is 23.1 Å². The number of carbonyl (C=O) groups excluding carboxylic acids is 1. The Hall–Kier alpha value is -1.97. The van der Waals surface area contributed by atoms with Gasteiger partial charge in [-0.25, -0.2) is 0 Å². The van der Waals surface area contributed by atoms with Gasteiger partial charge in [-0.05, 0) is 31.4 Å². The van der Waals surface area contributed by atoms with Gasteiger partial charge in [0.1, 0.15) is 5.75 Å². The Morgan fingerprint density at radius 1 is 1.14 bits per heavy atom. The summed E-state index contributed by atoms with van der Waals surface area (Å²) >= 11 is 0. The van der Waals surface area contributed by atoms with Gasteiger partial charge in [0, 0.05) is 32.1 Å². The van der Waals surface area contributed by atoms with Gasteiger partial charge < -0.3 is 14.5 Å². The van der Waals surface area contributed by atoms with E-state index in [-0.39, 0.29) is 5.92 Å². The molecule has 1 fully saturated rings. The summed E-state index contributed by atoms with van der Waals surface area (Å²) in [6, 6.07) is 8.09. The number of anilines is 1. The average molecular weight is 300 g/mol. The van der Waals surface area contributed by atoms with Crippen molar-refractivity contribution >= 4 is 11.6 Å². The van der Waals surface area contributed by atoms with E-state index in [1.165, 1.54) is 0 Å². The Morgan fingerprint density at radius 2 is 1.91 bits per heavy atom. The maximum absolute atomic E-state index is 12.6. The number of allylic oxidation sites excluding steroid dienone is 2. The number of hydrogen-bond acceptors (Lipinski definition) is 3. The highest BCUT2D eigenvalue weighted by Crippen LogP contribution is 2.29. The van der Waals surface area contributed by atoms with Gasteiger partial charge in [-0.3, -0.25) is 4.79 Å². The fourth-order valence-corrected chi connectivity index (χ4v) is 3.33. The minimum atomic E-state index is 0.197. The van der Waals surface area contributed by atoms with Crippen molar-refractivity contribution < 1.29 is 9.53 Å². The van der Waals surface area contributed by atoms with Crippen LogP contribution in [0.25, 0.3) is 0 Å². The van der Waals surface area contributed by atoms with Gasteiger partial charge in [0.15, 0.2) is 0 Å². The fraction of sp³-hybridized carbons (Fsp3) is 0.500. The molecule has 1 atom stereocenters. The molecule has 118 valence electrons. The largest absolute Gasteiger partial charge is 0.495 e. The van der Waals surface area contributed by atoms with Gasteiger partial charge in [0.25, 0.3) is 0 Å². The van der Waals surface area contributed by atoms with Gasteiger partial charge in [-0.2, -0.15) is 0 Å². The summed E-state index contributed by atoms with van der Waals surface area (Å²) in [4.78, 5) is 16.9. The second kappa shape index (κ2) is 6.86. The lowest BCUT2D eigenvalue weighted by molar-refractivity contribution is -0.136. The first-order chi connectivity index (χ1) is 10.8. The minimum Gasteiger partial charge on any atom is -0.495 e. The summed E-state index contributed by atoms with van der Waals surface area (Å²) in [6.45, 7) is 3.34. The normalized spacial score (nSPS) is 21.8. The van der Waals surface area contributed by atoms with Gasteiger partial charge >= 0.3 is 0 Å². The van der Waals surface area contributed by atoms with Gasteiger partial charge in [-0.1, -0.05) is 24.3 Å². The monoisotopic (exact) mass is 300 g/mol. The Kier molecular flexibility index (Phi) is 4.66. The number of benzene rings is 1. The maximum atomic E-state index is 12.6. The number of nitrogens with zero attached hydrogens (tertiary/aromatic N) is 2. The third kappa shape index (κ3) is 3.11. The van der Waals surface area contributed by atoms with Crippen molar-refractivity contribution in [2.75, 3.05) is 38.2 Å². The van der Waals surface area contributed by atoms with E-state index in [1.54, 1.807) is 7.11 Å². The molecule has 4 nitrogen and oxygen atoms in total. The molecule has 0 bridgehead atoms. The van der Waals surface area contributed by atoms with Crippen LogP contribution in [-0.4, -0.2) is 44.1 Å². The summed E-state index contributed by atoms with van der Waals surface area (Å²) in [5.41, 5.74) is 1.12. The molecule has 0 radical (unpaired) electrons. The SMILES string of the molecule is COc1ccccc1N1CCN(C(=O)[C@@H]2CC=CCC2)CC1. The topological polar surface area (TPSA) is 32.8 Å². The fourth-order valence-electron chi connectivity index (χ4n) is 3.33. The Balaban J connectivity index is 1.60. The van der Waals surface area contributed by atoms with E-state index in [4.69, 9.17) is 4.74 Å². The quantitative estimate of drug-likeness (QED) is 0.805. The zero-order valence-corrected chi connectivity index (χ0v) is 13.2. The third-order valence-corrected chi connectivity index (χ3v) is 4.64. The van der Waals surface area contributed by atoms with Crippen molar-refractivity contribution in [3.63, 3.8) is 0 Å². The van der Waals surface area contributed by atoms with Crippen molar-refractivity contribution in [2.24, 2.45) is 5.92 Å². The van der Waals surface area contributed by atoms with Crippen LogP contribution >= 0.6 is 0 Å². The first-order valence-corrected chi connectivity index (χ1v) is 8.11. The second-order valence-corrected chi connectivity index (χ2v) is 5.97. The molecule has 0 aromatic heterocycles. The lowest BCUT2D eigenvalue weighted by atomic mass is 9.93. The lowest BCUT2D eigenvalue weighted by Gasteiger charge is -2.38. The molecule has 1 saturated heterocycles. The highest BCUT2D eigenvalue weighted by molar-refractivity contribution is 5.79. The van der Waals surface area contributed by atoms with Crippen LogP contribution in [-0.2, 0) is 4.79 Å². The average Bonchev–Trinajstić information content (AvgIpc) is 2.62. The summed E-state index contributed by atoms with van der Waals surface area (Å²) in [6.07, 6.45) is 7.28. The van der Waals surface area contributed by atoms with Gasteiger partial charge in [0.2, 0.25) is 5.91 Å². The molecule has 1 aromatic rings. The zero-order chi connectivity index (χ0) is 15.4. The Morgan fingerprint density at radius 3 is 2.59 bits per heavy atom. The van der Waals surface area contributed by atoms with Crippen LogP contribution in [0.1, 0.15) is 19.3 Å². The third-order valence-electron chi connectivity index (χ3n) is 4.64. The molecule has 0 N–H and O–H groups in total. The van der Waals surface area contributed by atoms with E-state index in [9.17, 15) is 4.79 Å². The molecule has 1 aliphatic carbocycles. The number of carbonyl (C=O) groups is 1. The number of ether oxygens (including phenoxy) is 1. The van der Waals surface area contributed by atoms with Crippen LogP contribution < -0.4 is 9.64 Å².